The number of hydrogen-bond donors (Lipinski definition) is 0. The maximum Gasteiger partial charge on any atom is 0.111 e. The van der Waals surface area contributed by atoms with Crippen LogP contribution in [0.2, 0.25) is 0 Å². The van der Waals surface area contributed by atoms with Gasteiger partial charge in [-0.1, -0.05) is 27.7 Å². The van der Waals surface area contributed by atoms with E-state index in [9.17, 15) is 0 Å². The van der Waals surface area contributed by atoms with Gasteiger partial charge in [0.15, 0.2) is 0 Å². The van der Waals surface area contributed by atoms with Gasteiger partial charge in [-0.05, 0) is 49.4 Å². The Morgan fingerprint density at radius 3 is 2.53 bits per heavy atom. The predicted octanol–water partition coefficient (Wildman–Crippen LogP) is 3.80. The highest BCUT2D eigenvalue weighted by atomic mass is 17.2. The van der Waals surface area contributed by atoms with E-state index in [4.69, 9.17) is 9.78 Å². The van der Waals surface area contributed by atoms with Crippen molar-refractivity contribution >= 4 is 0 Å². The fraction of sp³-hybridized carbons (Fsp3) is 1.00. The molecule has 0 aromatic rings. The fourth-order valence-corrected chi connectivity index (χ4v) is 4.68. The third-order valence-corrected chi connectivity index (χ3v) is 5.91. The van der Waals surface area contributed by atoms with E-state index in [-0.39, 0.29) is 5.60 Å². The summed E-state index contributed by atoms with van der Waals surface area (Å²) in [7, 11) is 0. The summed E-state index contributed by atoms with van der Waals surface area (Å²) in [5.74, 6) is 3.57. The molecule has 3 aliphatic rings. The summed E-state index contributed by atoms with van der Waals surface area (Å²) in [4.78, 5) is 11.7. The van der Waals surface area contributed by atoms with Crippen LogP contribution in [0.25, 0.3) is 0 Å². The van der Waals surface area contributed by atoms with Crippen molar-refractivity contribution in [2.24, 2.45) is 29.6 Å². The van der Waals surface area contributed by atoms with Gasteiger partial charge in [-0.3, -0.25) is 0 Å². The first kappa shape index (κ1) is 12.0. The predicted molar refractivity (Wildman–Crippen MR) is 67.3 cm³/mol. The molecule has 0 amide bonds. The van der Waals surface area contributed by atoms with E-state index in [1.165, 1.54) is 25.7 Å². The monoisotopic (exact) mass is 238 g/mol. The summed E-state index contributed by atoms with van der Waals surface area (Å²) in [5, 5.41) is 0. The van der Waals surface area contributed by atoms with Crippen LogP contribution in [0.3, 0.4) is 0 Å². The Hall–Kier alpha value is -0.0800. The SMILES string of the molecule is CC(C)C12CC[C@@H](C)[C@@H]3CC[C@@H](C)C(OO1)[C@@H]32. The Balaban J connectivity index is 1.97. The van der Waals surface area contributed by atoms with Crippen LogP contribution in [0.5, 0.6) is 0 Å². The summed E-state index contributed by atoms with van der Waals surface area (Å²) in [6.07, 6.45) is 5.55. The normalized spacial score (nSPS) is 53.8. The minimum Gasteiger partial charge on any atom is -0.232 e. The van der Waals surface area contributed by atoms with Gasteiger partial charge < -0.3 is 0 Å². The second-order valence-electron chi connectivity index (χ2n) is 7.01. The molecule has 98 valence electrons. The van der Waals surface area contributed by atoms with Crippen LogP contribution in [0.4, 0.5) is 0 Å². The number of hydrogen-bond acceptors (Lipinski definition) is 2. The molecule has 1 heterocycles. The fourth-order valence-electron chi connectivity index (χ4n) is 4.68. The summed E-state index contributed by atoms with van der Waals surface area (Å²) >= 11 is 0. The zero-order chi connectivity index (χ0) is 12.2. The van der Waals surface area contributed by atoms with E-state index in [0.29, 0.717) is 23.9 Å². The van der Waals surface area contributed by atoms with Crippen molar-refractivity contribution in [2.45, 2.75) is 65.1 Å². The third kappa shape index (κ3) is 1.53. The van der Waals surface area contributed by atoms with Crippen molar-refractivity contribution in [2.75, 3.05) is 0 Å². The molecule has 2 saturated carbocycles. The molecule has 0 aromatic heterocycles. The smallest absolute Gasteiger partial charge is 0.111 e. The van der Waals surface area contributed by atoms with Gasteiger partial charge in [0.1, 0.15) is 11.7 Å². The average molecular weight is 238 g/mol. The molecule has 2 aliphatic carbocycles. The Kier molecular flexibility index (Phi) is 2.79. The van der Waals surface area contributed by atoms with Crippen LogP contribution in [-0.4, -0.2) is 11.7 Å². The van der Waals surface area contributed by atoms with Crippen LogP contribution in [0.1, 0.15) is 53.4 Å². The van der Waals surface area contributed by atoms with Crippen molar-refractivity contribution in [1.29, 1.82) is 0 Å². The summed E-state index contributed by atoms with van der Waals surface area (Å²) in [5.41, 5.74) is 0.0243. The summed E-state index contributed by atoms with van der Waals surface area (Å²) < 4.78 is 0. The molecule has 0 spiro atoms. The molecule has 2 nitrogen and oxygen atoms in total. The Morgan fingerprint density at radius 1 is 1.06 bits per heavy atom. The lowest BCUT2D eigenvalue weighted by atomic mass is 9.54. The molecule has 2 unspecified atom stereocenters. The summed E-state index contributed by atoms with van der Waals surface area (Å²) in [6.45, 7) is 9.37. The Morgan fingerprint density at radius 2 is 1.82 bits per heavy atom. The van der Waals surface area contributed by atoms with Crippen LogP contribution in [0.15, 0.2) is 0 Å². The molecule has 17 heavy (non-hydrogen) atoms. The van der Waals surface area contributed by atoms with Crippen LogP contribution in [-0.2, 0) is 9.78 Å². The molecule has 6 atom stereocenters. The first-order valence-electron chi connectivity index (χ1n) is 7.40. The molecule has 3 fully saturated rings. The molecule has 1 saturated heterocycles. The van der Waals surface area contributed by atoms with Gasteiger partial charge in [-0.15, -0.1) is 0 Å². The van der Waals surface area contributed by atoms with Crippen LogP contribution >= 0.6 is 0 Å². The van der Waals surface area contributed by atoms with Crippen LogP contribution in [0, 0.1) is 29.6 Å². The second kappa shape index (κ2) is 3.96. The first-order valence-corrected chi connectivity index (χ1v) is 7.40. The maximum absolute atomic E-state index is 5.94. The lowest BCUT2D eigenvalue weighted by Gasteiger charge is -2.50. The Labute approximate surface area is 105 Å². The van der Waals surface area contributed by atoms with E-state index in [1.807, 2.05) is 0 Å². The van der Waals surface area contributed by atoms with Crippen molar-refractivity contribution in [3.05, 3.63) is 0 Å². The first-order chi connectivity index (χ1) is 8.06. The van der Waals surface area contributed by atoms with Crippen molar-refractivity contribution in [1.82, 2.24) is 0 Å². The molecule has 0 bridgehead atoms. The van der Waals surface area contributed by atoms with Gasteiger partial charge in [0.05, 0.1) is 0 Å². The molecule has 1 aliphatic heterocycles. The van der Waals surface area contributed by atoms with Crippen LogP contribution < -0.4 is 0 Å². The molecule has 3 rings (SSSR count). The maximum atomic E-state index is 5.94. The van der Waals surface area contributed by atoms with Crippen molar-refractivity contribution in [3.63, 3.8) is 0 Å². The average Bonchev–Trinajstić information content (AvgIpc) is 2.69. The highest BCUT2D eigenvalue weighted by Crippen LogP contribution is 2.58. The van der Waals surface area contributed by atoms with Gasteiger partial charge in [-0.2, -0.15) is 0 Å². The van der Waals surface area contributed by atoms with E-state index in [1.54, 1.807) is 0 Å². The Bertz CT molecular complexity index is 301. The van der Waals surface area contributed by atoms with Gasteiger partial charge in [0.25, 0.3) is 0 Å². The topological polar surface area (TPSA) is 18.5 Å². The highest BCUT2D eigenvalue weighted by Gasteiger charge is 2.61. The minimum atomic E-state index is 0.0243. The zero-order valence-corrected chi connectivity index (χ0v) is 11.6. The molecule has 0 aromatic carbocycles. The minimum absolute atomic E-state index is 0.0243. The standard InChI is InChI=1S/C15H26O2/c1-9(2)15-8-7-10(3)12-6-5-11(4)14(13(12)15)16-17-15/h9-14H,5-8H2,1-4H3/t10-,11-,12+,13-,14?,15?/m1/s1. The lowest BCUT2D eigenvalue weighted by molar-refractivity contribution is -0.342. The molecule has 0 N–H and O–H groups in total. The zero-order valence-electron chi connectivity index (χ0n) is 11.6. The van der Waals surface area contributed by atoms with Gasteiger partial charge in [0.2, 0.25) is 0 Å². The summed E-state index contributed by atoms with van der Waals surface area (Å²) in [6, 6.07) is 0. The van der Waals surface area contributed by atoms with E-state index >= 15 is 0 Å². The molecule has 0 radical (unpaired) electrons. The quantitative estimate of drug-likeness (QED) is 0.647. The third-order valence-electron chi connectivity index (χ3n) is 5.91. The second-order valence-corrected chi connectivity index (χ2v) is 7.01. The van der Waals surface area contributed by atoms with Gasteiger partial charge in [-0.25, -0.2) is 9.78 Å². The largest absolute Gasteiger partial charge is 0.232 e. The lowest BCUT2D eigenvalue weighted by Crippen LogP contribution is -2.54. The molecular weight excluding hydrogens is 212 g/mol. The van der Waals surface area contributed by atoms with E-state index in [0.717, 1.165) is 11.8 Å². The molecule has 2 heteroatoms. The number of rotatable bonds is 1. The van der Waals surface area contributed by atoms with E-state index < -0.39 is 0 Å². The highest BCUT2D eigenvalue weighted by molar-refractivity contribution is 5.07. The van der Waals surface area contributed by atoms with Gasteiger partial charge in [0, 0.05) is 5.92 Å². The molecular formula is C15H26O2. The van der Waals surface area contributed by atoms with Gasteiger partial charge >= 0.3 is 0 Å². The van der Waals surface area contributed by atoms with Crippen molar-refractivity contribution in [3.8, 4) is 0 Å². The van der Waals surface area contributed by atoms with E-state index in [2.05, 4.69) is 27.7 Å². The van der Waals surface area contributed by atoms with Crippen molar-refractivity contribution < 1.29 is 9.78 Å².